The molecule has 3 N–H and O–H groups in total. The summed E-state index contributed by atoms with van der Waals surface area (Å²) in [4.78, 5) is 28.4. The van der Waals surface area contributed by atoms with E-state index >= 15 is 4.39 Å². The highest BCUT2D eigenvalue weighted by Crippen LogP contribution is 2.35. The fourth-order valence-electron chi connectivity index (χ4n) is 4.73. The fraction of sp³-hybridized carbons (Fsp3) is 0.684. The van der Waals surface area contributed by atoms with Crippen LogP contribution in [0.4, 0.5) is 22.0 Å². The monoisotopic (exact) mass is 466 g/mol. The third-order valence-electron chi connectivity index (χ3n) is 6.26. The van der Waals surface area contributed by atoms with Gasteiger partial charge in [-0.2, -0.15) is 8.78 Å². The minimum Gasteiger partial charge on any atom is -0.497 e. The van der Waals surface area contributed by atoms with Crippen LogP contribution in [-0.2, 0) is 9.47 Å². The molecule has 13 heteroatoms. The molecule has 4 rings (SSSR count). The zero-order valence-corrected chi connectivity index (χ0v) is 17.1. The van der Waals surface area contributed by atoms with Crippen LogP contribution in [-0.4, -0.2) is 72.5 Å². The number of methoxy groups -OCH3 is 1. The van der Waals surface area contributed by atoms with Gasteiger partial charge < -0.3 is 15.2 Å². The van der Waals surface area contributed by atoms with Crippen LogP contribution in [0.3, 0.4) is 0 Å². The normalized spacial score (nSPS) is 28.7. The summed E-state index contributed by atoms with van der Waals surface area (Å²) in [6, 6.07) is -1.82. The molecule has 0 spiro atoms. The highest BCUT2D eigenvalue weighted by Gasteiger charge is 2.47. The van der Waals surface area contributed by atoms with Crippen molar-refractivity contribution in [1.29, 1.82) is 0 Å². The third kappa shape index (κ3) is 3.75. The molecule has 0 bridgehead atoms. The highest BCUT2D eigenvalue weighted by molar-refractivity contribution is 5.63. The first kappa shape index (κ1) is 22.9. The smallest absolute Gasteiger partial charge is 0.345 e. The predicted molar refractivity (Wildman–Crippen MR) is 102 cm³/mol. The molecule has 1 aromatic rings. The third-order valence-corrected chi connectivity index (χ3v) is 6.26. The number of nitrogens with two attached hydrogens (primary N) is 1. The SMILES string of the molecule is COC1=c2c(c(=O)[nH]c(=O)n2C2CC2)=C(C(F)F)C(F)C1N1CC(CN)C(OC(F)F)C1. The number of fused-ring (bicyclic) bond motifs is 1. The van der Waals surface area contributed by atoms with Crippen molar-refractivity contribution in [2.75, 3.05) is 26.7 Å². The predicted octanol–water partition coefficient (Wildman–Crippen LogP) is -0.739. The van der Waals surface area contributed by atoms with Crippen molar-refractivity contribution in [3.05, 3.63) is 31.4 Å². The van der Waals surface area contributed by atoms with Gasteiger partial charge in [0.25, 0.3) is 12.0 Å². The van der Waals surface area contributed by atoms with Gasteiger partial charge >= 0.3 is 12.3 Å². The average molecular weight is 466 g/mol. The van der Waals surface area contributed by atoms with E-state index in [1.807, 2.05) is 4.98 Å². The van der Waals surface area contributed by atoms with Crippen molar-refractivity contribution in [1.82, 2.24) is 14.5 Å². The van der Waals surface area contributed by atoms with E-state index in [0.717, 1.165) is 4.57 Å². The molecule has 4 unspecified atom stereocenters. The lowest BCUT2D eigenvalue weighted by atomic mass is 9.93. The van der Waals surface area contributed by atoms with E-state index in [1.54, 1.807) is 0 Å². The Labute approximate surface area is 178 Å². The molecular formula is C19H23F5N4O4. The van der Waals surface area contributed by atoms with Crippen LogP contribution in [0.25, 0.3) is 11.3 Å². The Morgan fingerprint density at radius 2 is 1.88 bits per heavy atom. The van der Waals surface area contributed by atoms with Crippen LogP contribution in [0.15, 0.2) is 9.59 Å². The van der Waals surface area contributed by atoms with Crippen LogP contribution in [0.2, 0.25) is 0 Å². The van der Waals surface area contributed by atoms with Gasteiger partial charge in [-0.25, -0.2) is 18.0 Å². The molecule has 0 aromatic carbocycles. The van der Waals surface area contributed by atoms with Crippen molar-refractivity contribution in [3.63, 3.8) is 0 Å². The summed E-state index contributed by atoms with van der Waals surface area (Å²) >= 11 is 0. The molecule has 8 nitrogen and oxygen atoms in total. The second kappa shape index (κ2) is 8.60. The molecule has 0 amide bonds. The van der Waals surface area contributed by atoms with Gasteiger partial charge in [0.15, 0.2) is 6.17 Å². The number of aromatic nitrogens is 2. The molecule has 3 aliphatic rings. The summed E-state index contributed by atoms with van der Waals surface area (Å²) in [6.07, 6.45) is -5.62. The minimum atomic E-state index is -3.34. The van der Waals surface area contributed by atoms with Gasteiger partial charge in [-0.05, 0) is 19.4 Å². The van der Waals surface area contributed by atoms with Gasteiger partial charge in [-0.15, -0.1) is 0 Å². The van der Waals surface area contributed by atoms with Crippen LogP contribution in [0.5, 0.6) is 0 Å². The Bertz CT molecular complexity index is 1120. The Hall–Kier alpha value is -2.25. The van der Waals surface area contributed by atoms with E-state index in [2.05, 4.69) is 4.74 Å². The molecular weight excluding hydrogens is 443 g/mol. The van der Waals surface area contributed by atoms with Crippen molar-refractivity contribution in [2.24, 2.45) is 11.7 Å². The van der Waals surface area contributed by atoms with Gasteiger partial charge in [0, 0.05) is 30.6 Å². The zero-order valence-electron chi connectivity index (χ0n) is 17.1. The Balaban J connectivity index is 1.95. The van der Waals surface area contributed by atoms with Crippen LogP contribution >= 0.6 is 0 Å². The first-order valence-corrected chi connectivity index (χ1v) is 10.2. The van der Waals surface area contributed by atoms with Gasteiger partial charge in [0.05, 0.1) is 23.8 Å². The number of ether oxygens (including phenoxy) is 2. The number of nitrogens with one attached hydrogen (secondary N) is 1. The Morgan fingerprint density at radius 3 is 2.41 bits per heavy atom. The quantitative estimate of drug-likeness (QED) is 0.514. The maximum atomic E-state index is 15.7. The van der Waals surface area contributed by atoms with E-state index in [9.17, 15) is 27.2 Å². The number of aromatic amines is 1. The van der Waals surface area contributed by atoms with Crippen molar-refractivity contribution in [2.45, 2.75) is 50.2 Å². The van der Waals surface area contributed by atoms with Crippen LogP contribution < -0.4 is 27.6 Å². The Morgan fingerprint density at radius 1 is 1.19 bits per heavy atom. The molecule has 2 fully saturated rings. The number of hydrogen-bond acceptors (Lipinski definition) is 6. The summed E-state index contributed by atoms with van der Waals surface area (Å²) in [5, 5.41) is -0.817. The van der Waals surface area contributed by atoms with Gasteiger partial charge in [0.1, 0.15) is 11.8 Å². The summed E-state index contributed by atoms with van der Waals surface area (Å²) < 4.78 is 80.5. The molecule has 178 valence electrons. The van der Waals surface area contributed by atoms with E-state index in [-0.39, 0.29) is 36.8 Å². The van der Waals surface area contributed by atoms with Crippen molar-refractivity contribution >= 4 is 11.3 Å². The summed E-state index contributed by atoms with van der Waals surface area (Å²) in [5.41, 5.74) is 2.65. The van der Waals surface area contributed by atoms with Crippen molar-refractivity contribution in [3.8, 4) is 0 Å². The van der Waals surface area contributed by atoms with Crippen molar-refractivity contribution < 1.29 is 31.4 Å². The largest absolute Gasteiger partial charge is 0.497 e. The summed E-state index contributed by atoms with van der Waals surface area (Å²) in [7, 11) is 1.18. The number of hydrogen-bond donors (Lipinski definition) is 2. The minimum absolute atomic E-state index is 0.0193. The van der Waals surface area contributed by atoms with E-state index < -0.39 is 59.3 Å². The number of H-pyrrole nitrogens is 1. The van der Waals surface area contributed by atoms with E-state index in [4.69, 9.17) is 10.5 Å². The maximum Gasteiger partial charge on any atom is 0.345 e. The molecule has 1 saturated heterocycles. The molecule has 4 atom stereocenters. The zero-order chi connectivity index (χ0) is 23.3. The maximum absolute atomic E-state index is 15.7. The van der Waals surface area contributed by atoms with Gasteiger partial charge in [-0.1, -0.05) is 0 Å². The highest BCUT2D eigenvalue weighted by atomic mass is 19.3. The van der Waals surface area contributed by atoms with Gasteiger partial charge in [0.2, 0.25) is 0 Å². The van der Waals surface area contributed by atoms with Crippen LogP contribution in [0.1, 0.15) is 18.9 Å². The number of rotatable bonds is 7. The Kier molecular flexibility index (Phi) is 6.16. The topological polar surface area (TPSA) is 103 Å². The second-order valence-corrected chi connectivity index (χ2v) is 8.14. The van der Waals surface area contributed by atoms with E-state index in [1.165, 1.54) is 12.0 Å². The lowest BCUT2D eigenvalue weighted by Gasteiger charge is -2.35. The molecule has 1 aromatic heterocycles. The van der Waals surface area contributed by atoms with E-state index in [0.29, 0.717) is 12.8 Å². The summed E-state index contributed by atoms with van der Waals surface area (Å²) in [6.45, 7) is -3.37. The standard InChI is InChI=1S/C19H23F5N4O4/c1-31-15-13-11(17(29)26-19(30)28(13)8-2-3-8)10(16(21)22)12(20)14(15)27-5-7(4-25)9(6-27)32-18(23)24/h7-9,12,14,16,18H,2-6,25H2,1H3,(H,26,29,30). The van der Waals surface area contributed by atoms with Gasteiger partial charge in [-0.3, -0.25) is 19.2 Å². The number of alkyl halides is 5. The van der Waals surface area contributed by atoms with Crippen LogP contribution in [0, 0.1) is 5.92 Å². The first-order valence-electron chi connectivity index (χ1n) is 10.2. The first-order chi connectivity index (χ1) is 15.2. The molecule has 2 heterocycles. The number of likely N-dealkylation sites (tertiary alicyclic amines) is 1. The molecule has 1 aliphatic heterocycles. The lowest BCUT2D eigenvalue weighted by molar-refractivity contribution is -0.167. The average Bonchev–Trinajstić information content (AvgIpc) is 3.47. The second-order valence-electron chi connectivity index (χ2n) is 8.14. The molecule has 32 heavy (non-hydrogen) atoms. The summed E-state index contributed by atoms with van der Waals surface area (Å²) in [5.74, 6) is -0.782. The molecule has 0 radical (unpaired) electrons. The number of halogens is 5. The number of nitrogens with zero attached hydrogens (tertiary/aromatic N) is 2. The fourth-order valence-corrected chi connectivity index (χ4v) is 4.73. The lowest BCUT2D eigenvalue weighted by Crippen LogP contribution is -2.63. The molecule has 2 aliphatic carbocycles. The molecule has 1 saturated carbocycles.